The fraction of sp³-hybridized carbons (Fsp3) is 0.909. The first kappa shape index (κ1) is 33.4. The lowest BCUT2D eigenvalue weighted by Gasteiger charge is -2.60. The fourth-order valence-electron chi connectivity index (χ4n) is 9.90. The van der Waals surface area contributed by atoms with E-state index in [4.69, 9.17) is 9.47 Å². The van der Waals surface area contributed by atoms with Crippen molar-refractivity contribution in [3.05, 3.63) is 11.6 Å². The molecule has 0 aromatic carbocycles. The molecule has 5 aliphatic rings. The summed E-state index contributed by atoms with van der Waals surface area (Å²) in [7, 11) is 0. The SMILES string of the molecule is CC(C)(CCC[C@](C)(O)[C@H]1CC[C@@]2(O)C3=CC(=O)[C@@H]4C[C@@H](O)CC[C@]4(C)[C@H]3CC[C@]12C)O[C@@H]1O[C@H](CO)[C@@H](O)[C@H](O)[C@H]1O. The van der Waals surface area contributed by atoms with Gasteiger partial charge in [0.1, 0.15) is 24.4 Å². The van der Waals surface area contributed by atoms with E-state index in [-0.39, 0.29) is 29.0 Å². The van der Waals surface area contributed by atoms with Gasteiger partial charge in [-0.2, -0.15) is 0 Å². The molecule has 5 rings (SSSR count). The Morgan fingerprint density at radius 3 is 2.33 bits per heavy atom. The first-order chi connectivity index (χ1) is 19.9. The number of rotatable bonds is 8. The van der Waals surface area contributed by atoms with Crippen LogP contribution >= 0.6 is 0 Å². The van der Waals surface area contributed by atoms with E-state index >= 15 is 0 Å². The third-order valence-electron chi connectivity index (χ3n) is 12.6. The van der Waals surface area contributed by atoms with Crippen LogP contribution in [0.25, 0.3) is 0 Å². The maximum atomic E-state index is 13.4. The molecular formula is C33H54O10. The average molecular weight is 611 g/mol. The molecule has 13 atom stereocenters. The number of aliphatic hydroxyl groups excluding tert-OH is 5. The van der Waals surface area contributed by atoms with Crippen molar-refractivity contribution in [3.8, 4) is 0 Å². The molecule has 0 unspecified atom stereocenters. The van der Waals surface area contributed by atoms with Crippen molar-refractivity contribution in [2.75, 3.05) is 6.61 Å². The highest BCUT2D eigenvalue weighted by molar-refractivity contribution is 5.95. The summed E-state index contributed by atoms with van der Waals surface area (Å²) in [5.41, 5.74) is -3.10. The van der Waals surface area contributed by atoms with Crippen LogP contribution < -0.4 is 0 Å². The number of aliphatic hydroxyl groups is 7. The Morgan fingerprint density at radius 2 is 1.65 bits per heavy atom. The van der Waals surface area contributed by atoms with Gasteiger partial charge in [-0.1, -0.05) is 13.8 Å². The molecule has 0 aromatic rings. The molecule has 0 spiro atoms. The normalized spacial score (nSPS) is 48.1. The van der Waals surface area contributed by atoms with E-state index in [0.717, 1.165) is 24.8 Å². The number of ketones is 1. The van der Waals surface area contributed by atoms with E-state index < -0.39 is 65.6 Å². The van der Waals surface area contributed by atoms with Crippen molar-refractivity contribution in [3.63, 3.8) is 0 Å². The molecule has 0 aromatic heterocycles. The number of allylic oxidation sites excluding steroid dienone is 1. The molecule has 0 radical (unpaired) electrons. The molecule has 43 heavy (non-hydrogen) atoms. The molecule has 10 heteroatoms. The molecule has 1 heterocycles. The Balaban J connectivity index is 1.26. The lowest BCUT2D eigenvalue weighted by Crippen LogP contribution is -2.60. The van der Waals surface area contributed by atoms with Gasteiger partial charge in [-0.25, -0.2) is 0 Å². The number of hydrogen-bond donors (Lipinski definition) is 7. The molecule has 0 amide bonds. The lowest BCUT2D eigenvalue weighted by atomic mass is 9.46. The van der Waals surface area contributed by atoms with Crippen molar-refractivity contribution in [1.82, 2.24) is 0 Å². The Bertz CT molecular complexity index is 1090. The van der Waals surface area contributed by atoms with Gasteiger partial charge >= 0.3 is 0 Å². The van der Waals surface area contributed by atoms with Crippen LogP contribution in [0.1, 0.15) is 98.8 Å². The van der Waals surface area contributed by atoms with Crippen molar-refractivity contribution in [2.45, 2.75) is 152 Å². The maximum absolute atomic E-state index is 13.4. The highest BCUT2D eigenvalue weighted by Gasteiger charge is 2.68. The molecule has 1 saturated heterocycles. The second-order valence-electron chi connectivity index (χ2n) is 15.7. The van der Waals surface area contributed by atoms with E-state index in [9.17, 15) is 40.5 Å². The molecule has 3 saturated carbocycles. The smallest absolute Gasteiger partial charge is 0.187 e. The summed E-state index contributed by atoms with van der Waals surface area (Å²) in [4.78, 5) is 13.4. The zero-order chi connectivity index (χ0) is 31.8. The highest BCUT2D eigenvalue weighted by atomic mass is 16.7. The molecule has 246 valence electrons. The summed E-state index contributed by atoms with van der Waals surface area (Å²) in [6.07, 6.45) is 0.681. The van der Waals surface area contributed by atoms with Crippen LogP contribution in [0, 0.1) is 28.6 Å². The molecule has 1 aliphatic heterocycles. The summed E-state index contributed by atoms with van der Waals surface area (Å²) in [6, 6.07) is 0. The number of carbonyl (C=O) groups excluding carboxylic acids is 1. The van der Waals surface area contributed by atoms with Crippen LogP contribution in [-0.4, -0.2) is 102 Å². The van der Waals surface area contributed by atoms with Gasteiger partial charge in [0.2, 0.25) is 0 Å². The van der Waals surface area contributed by atoms with Crippen LogP contribution in [-0.2, 0) is 14.3 Å². The predicted octanol–water partition coefficient (Wildman–Crippen LogP) is 1.74. The first-order valence-electron chi connectivity index (χ1n) is 16.3. The first-order valence-corrected chi connectivity index (χ1v) is 16.3. The van der Waals surface area contributed by atoms with E-state index in [1.165, 1.54) is 0 Å². The van der Waals surface area contributed by atoms with Crippen LogP contribution in [0.15, 0.2) is 11.6 Å². The predicted molar refractivity (Wildman–Crippen MR) is 156 cm³/mol. The van der Waals surface area contributed by atoms with E-state index in [2.05, 4.69) is 13.8 Å². The number of ether oxygens (including phenoxy) is 2. The van der Waals surface area contributed by atoms with Crippen LogP contribution in [0.4, 0.5) is 0 Å². The van der Waals surface area contributed by atoms with Crippen molar-refractivity contribution >= 4 is 5.78 Å². The van der Waals surface area contributed by atoms with Gasteiger partial charge in [-0.05, 0) is 114 Å². The summed E-state index contributed by atoms with van der Waals surface area (Å²) in [5.74, 6) is -0.297. The largest absolute Gasteiger partial charge is 0.394 e. The molecule has 4 aliphatic carbocycles. The second kappa shape index (κ2) is 11.4. The van der Waals surface area contributed by atoms with Crippen LogP contribution in [0.3, 0.4) is 0 Å². The Morgan fingerprint density at radius 1 is 0.953 bits per heavy atom. The minimum atomic E-state index is -1.52. The average Bonchev–Trinajstić information content (AvgIpc) is 3.22. The van der Waals surface area contributed by atoms with E-state index in [0.29, 0.717) is 44.9 Å². The van der Waals surface area contributed by atoms with Gasteiger partial charge in [0.25, 0.3) is 0 Å². The van der Waals surface area contributed by atoms with Crippen molar-refractivity contribution < 1.29 is 50.0 Å². The van der Waals surface area contributed by atoms with Crippen LogP contribution in [0.5, 0.6) is 0 Å². The molecular weight excluding hydrogens is 556 g/mol. The Labute approximate surface area is 255 Å². The molecule has 7 N–H and O–H groups in total. The number of hydrogen-bond acceptors (Lipinski definition) is 10. The Hall–Kier alpha value is -0.950. The van der Waals surface area contributed by atoms with Gasteiger partial charge in [-0.3, -0.25) is 4.79 Å². The molecule has 10 nitrogen and oxygen atoms in total. The van der Waals surface area contributed by atoms with Gasteiger partial charge in [0.15, 0.2) is 12.1 Å². The monoisotopic (exact) mass is 610 g/mol. The van der Waals surface area contributed by atoms with Gasteiger partial charge in [0.05, 0.1) is 29.5 Å². The maximum Gasteiger partial charge on any atom is 0.187 e. The van der Waals surface area contributed by atoms with Gasteiger partial charge in [-0.15, -0.1) is 0 Å². The van der Waals surface area contributed by atoms with Crippen molar-refractivity contribution in [1.29, 1.82) is 0 Å². The third-order valence-corrected chi connectivity index (χ3v) is 12.6. The second-order valence-corrected chi connectivity index (χ2v) is 15.7. The lowest BCUT2D eigenvalue weighted by molar-refractivity contribution is -0.323. The van der Waals surface area contributed by atoms with E-state index in [1.807, 2.05) is 20.8 Å². The molecule has 4 fully saturated rings. The number of fused-ring (bicyclic) bond motifs is 5. The number of carbonyl (C=O) groups is 1. The van der Waals surface area contributed by atoms with Gasteiger partial charge < -0.3 is 45.2 Å². The Kier molecular flexibility index (Phi) is 8.85. The van der Waals surface area contributed by atoms with Crippen molar-refractivity contribution in [2.24, 2.45) is 28.6 Å². The summed E-state index contributed by atoms with van der Waals surface area (Å²) < 4.78 is 11.5. The fourth-order valence-corrected chi connectivity index (χ4v) is 9.90. The summed E-state index contributed by atoms with van der Waals surface area (Å²) >= 11 is 0. The quantitative estimate of drug-likeness (QED) is 0.214. The van der Waals surface area contributed by atoms with E-state index in [1.54, 1.807) is 6.08 Å². The third kappa shape index (κ3) is 5.46. The van der Waals surface area contributed by atoms with Crippen LogP contribution in [0.2, 0.25) is 0 Å². The minimum Gasteiger partial charge on any atom is -0.394 e. The topological polar surface area (TPSA) is 177 Å². The molecule has 0 bridgehead atoms. The van der Waals surface area contributed by atoms with Gasteiger partial charge in [0, 0.05) is 11.3 Å². The minimum absolute atomic E-state index is 0.0158. The zero-order valence-corrected chi connectivity index (χ0v) is 26.4. The standard InChI is InChI=1S/C33H54O10/c1-29(2,43-28-27(39)26(38)25(37)23(17-34)42-28)10-6-11-32(5,40)24-9-14-33(41)20-16-22(36)21-15-18(35)7-12-30(21,3)19(20)8-13-31(24,33)4/h16,18-19,21,23-28,34-35,37-41H,6-15,17H2,1-5H3/t18-,19-,21-,23+,24-,25+,26-,27+,28-,30+,31+,32-,33+/m0/s1. The zero-order valence-electron chi connectivity index (χ0n) is 26.4. The highest BCUT2D eigenvalue weighted by Crippen LogP contribution is 2.68. The summed E-state index contributed by atoms with van der Waals surface area (Å²) in [6.45, 7) is 9.20. The summed E-state index contributed by atoms with van der Waals surface area (Å²) in [5, 5.41) is 74.7.